The van der Waals surface area contributed by atoms with E-state index in [0.717, 1.165) is 55.5 Å². The van der Waals surface area contributed by atoms with Gasteiger partial charge in [0, 0.05) is 37.6 Å². The summed E-state index contributed by atoms with van der Waals surface area (Å²) in [5, 5.41) is 4.03. The number of carbonyl (C=O) groups excluding carboxylic acids is 1. The van der Waals surface area contributed by atoms with E-state index in [-0.39, 0.29) is 18.1 Å². The van der Waals surface area contributed by atoms with E-state index in [2.05, 4.69) is 20.2 Å². The molecule has 0 bridgehead atoms. The zero-order valence-electron chi connectivity index (χ0n) is 17.9. The lowest BCUT2D eigenvalue weighted by Crippen LogP contribution is -2.40. The van der Waals surface area contributed by atoms with E-state index in [1.165, 1.54) is 0 Å². The van der Waals surface area contributed by atoms with E-state index in [1.54, 1.807) is 24.5 Å². The second-order valence-corrected chi connectivity index (χ2v) is 8.24. The van der Waals surface area contributed by atoms with Gasteiger partial charge in [0.2, 0.25) is 5.88 Å². The van der Waals surface area contributed by atoms with Crippen LogP contribution in [-0.2, 0) is 4.74 Å². The number of rotatable bonds is 5. The number of ether oxygens (including phenoxy) is 2. The number of hydrogen-bond acceptors (Lipinski definition) is 7. The summed E-state index contributed by atoms with van der Waals surface area (Å²) in [6.07, 6.45) is 6.94. The van der Waals surface area contributed by atoms with Gasteiger partial charge in [-0.3, -0.25) is 14.8 Å². The number of hydrogen-bond donors (Lipinski definition) is 1. The van der Waals surface area contributed by atoms with Crippen molar-refractivity contribution in [3.63, 3.8) is 0 Å². The van der Waals surface area contributed by atoms with Crippen LogP contribution in [0.5, 0.6) is 5.88 Å². The highest BCUT2D eigenvalue weighted by atomic mass is 16.5. The number of anilines is 1. The first kappa shape index (κ1) is 20.6. The van der Waals surface area contributed by atoms with Crippen LogP contribution in [0.1, 0.15) is 36.2 Å². The second kappa shape index (κ2) is 9.48. The summed E-state index contributed by atoms with van der Waals surface area (Å²) in [4.78, 5) is 28.1. The van der Waals surface area contributed by atoms with E-state index in [1.807, 2.05) is 24.3 Å². The third-order valence-corrected chi connectivity index (χ3v) is 6.07. The summed E-state index contributed by atoms with van der Waals surface area (Å²) < 4.78 is 11.9. The number of morpholine rings is 1. The van der Waals surface area contributed by atoms with Crippen molar-refractivity contribution in [1.29, 1.82) is 0 Å². The predicted molar refractivity (Wildman–Crippen MR) is 121 cm³/mol. The van der Waals surface area contributed by atoms with Crippen molar-refractivity contribution >= 4 is 22.6 Å². The van der Waals surface area contributed by atoms with Gasteiger partial charge >= 0.3 is 0 Å². The normalized spacial score (nSPS) is 21.3. The van der Waals surface area contributed by atoms with Gasteiger partial charge < -0.3 is 19.7 Å². The Kier molecular flexibility index (Phi) is 6.11. The fraction of sp³-hybridized carbons (Fsp3) is 0.417. The number of nitrogens with zero attached hydrogens (tertiary/aromatic N) is 4. The molecule has 1 aliphatic carbocycles. The van der Waals surface area contributed by atoms with Crippen LogP contribution in [0.15, 0.2) is 48.8 Å². The molecule has 0 radical (unpaired) electrons. The minimum atomic E-state index is -0.119. The van der Waals surface area contributed by atoms with E-state index in [9.17, 15) is 4.79 Å². The van der Waals surface area contributed by atoms with Crippen molar-refractivity contribution in [2.75, 3.05) is 31.2 Å². The van der Waals surface area contributed by atoms with E-state index >= 15 is 0 Å². The molecule has 1 saturated heterocycles. The van der Waals surface area contributed by atoms with Crippen LogP contribution >= 0.6 is 0 Å². The average Bonchev–Trinajstić information content (AvgIpc) is 2.86. The molecule has 0 unspecified atom stereocenters. The monoisotopic (exact) mass is 433 g/mol. The van der Waals surface area contributed by atoms with Gasteiger partial charge in [0.1, 0.15) is 17.6 Å². The van der Waals surface area contributed by atoms with Crippen LogP contribution in [0.25, 0.3) is 10.9 Å². The summed E-state index contributed by atoms with van der Waals surface area (Å²) in [5.41, 5.74) is 1.34. The van der Waals surface area contributed by atoms with Crippen LogP contribution < -0.4 is 15.0 Å². The quantitative estimate of drug-likeness (QED) is 0.662. The molecule has 32 heavy (non-hydrogen) atoms. The lowest BCUT2D eigenvalue weighted by atomic mass is 9.93. The molecule has 8 heteroatoms. The highest BCUT2D eigenvalue weighted by molar-refractivity contribution is 5.92. The number of carbonyl (C=O) groups is 1. The van der Waals surface area contributed by atoms with Crippen molar-refractivity contribution in [2.45, 2.75) is 37.8 Å². The molecule has 1 saturated carbocycles. The summed E-state index contributed by atoms with van der Waals surface area (Å²) in [6.45, 7) is 3.02. The summed E-state index contributed by atoms with van der Waals surface area (Å²) in [6, 6.07) is 11.4. The van der Waals surface area contributed by atoms with E-state index < -0.39 is 0 Å². The van der Waals surface area contributed by atoms with E-state index in [0.29, 0.717) is 24.8 Å². The zero-order chi connectivity index (χ0) is 21.8. The van der Waals surface area contributed by atoms with Crippen LogP contribution in [0.3, 0.4) is 0 Å². The maximum atomic E-state index is 12.4. The molecule has 3 aromatic rings. The summed E-state index contributed by atoms with van der Waals surface area (Å²) in [7, 11) is 0. The molecule has 3 aromatic heterocycles. The van der Waals surface area contributed by atoms with E-state index in [4.69, 9.17) is 14.5 Å². The lowest BCUT2D eigenvalue weighted by molar-refractivity contribution is 0.0887. The number of pyridine rings is 3. The Bertz CT molecular complexity index is 1060. The predicted octanol–water partition coefficient (Wildman–Crippen LogP) is 2.98. The highest BCUT2D eigenvalue weighted by Gasteiger charge is 2.26. The van der Waals surface area contributed by atoms with Gasteiger partial charge in [0.05, 0.1) is 24.1 Å². The van der Waals surface area contributed by atoms with Gasteiger partial charge in [-0.25, -0.2) is 0 Å². The van der Waals surface area contributed by atoms with Crippen LogP contribution in [0.2, 0.25) is 0 Å². The molecule has 1 amide bonds. The molecule has 1 N–H and O–H groups in total. The minimum absolute atomic E-state index is 0.0637. The largest absolute Gasteiger partial charge is 0.474 e. The molecule has 0 atom stereocenters. The minimum Gasteiger partial charge on any atom is -0.474 e. The van der Waals surface area contributed by atoms with Crippen LogP contribution in [0, 0.1) is 0 Å². The van der Waals surface area contributed by atoms with Crippen molar-refractivity contribution in [3.8, 4) is 5.88 Å². The molecule has 1 aliphatic heterocycles. The van der Waals surface area contributed by atoms with Gasteiger partial charge in [0.25, 0.3) is 5.91 Å². The first-order valence-electron chi connectivity index (χ1n) is 11.2. The Hall–Kier alpha value is -3.26. The molecule has 8 nitrogen and oxygen atoms in total. The third-order valence-electron chi connectivity index (χ3n) is 6.07. The Morgan fingerprint density at radius 2 is 1.84 bits per heavy atom. The Labute approximate surface area is 187 Å². The average molecular weight is 434 g/mol. The molecule has 4 heterocycles. The molecule has 2 fully saturated rings. The molecule has 0 aromatic carbocycles. The van der Waals surface area contributed by atoms with Crippen molar-refractivity contribution in [1.82, 2.24) is 20.3 Å². The SMILES string of the molecule is O=C(NC1CCC(Oc2nc(N3CCOCC3)cc3ncccc23)CC1)c1ccccn1. The summed E-state index contributed by atoms with van der Waals surface area (Å²) in [5.74, 6) is 1.40. The smallest absolute Gasteiger partial charge is 0.270 e. The maximum absolute atomic E-state index is 12.4. The number of fused-ring (bicyclic) bond motifs is 1. The van der Waals surface area contributed by atoms with Crippen LogP contribution in [0.4, 0.5) is 5.82 Å². The number of nitrogens with one attached hydrogen (secondary N) is 1. The first-order chi connectivity index (χ1) is 15.8. The van der Waals surface area contributed by atoms with Crippen molar-refractivity contribution in [3.05, 3.63) is 54.5 Å². The Morgan fingerprint density at radius 3 is 2.62 bits per heavy atom. The summed E-state index contributed by atoms with van der Waals surface area (Å²) >= 11 is 0. The van der Waals surface area contributed by atoms with Crippen LogP contribution in [-0.4, -0.2) is 59.3 Å². The molecule has 166 valence electrons. The van der Waals surface area contributed by atoms with Crippen molar-refractivity contribution < 1.29 is 14.3 Å². The first-order valence-corrected chi connectivity index (χ1v) is 11.2. The number of amides is 1. The fourth-order valence-electron chi connectivity index (χ4n) is 4.32. The van der Waals surface area contributed by atoms with Gasteiger partial charge in [-0.05, 0) is 49.9 Å². The second-order valence-electron chi connectivity index (χ2n) is 8.24. The molecule has 5 rings (SSSR count). The number of aromatic nitrogens is 3. The third kappa shape index (κ3) is 4.65. The van der Waals surface area contributed by atoms with Gasteiger partial charge in [-0.15, -0.1) is 0 Å². The molecule has 2 aliphatic rings. The van der Waals surface area contributed by atoms with Crippen molar-refractivity contribution in [2.24, 2.45) is 0 Å². The molecular formula is C24H27N5O3. The molecule has 0 spiro atoms. The Morgan fingerprint density at radius 1 is 1.03 bits per heavy atom. The van der Waals surface area contributed by atoms with Gasteiger partial charge in [-0.2, -0.15) is 4.98 Å². The molecular weight excluding hydrogens is 406 g/mol. The Balaban J connectivity index is 1.25. The van der Waals surface area contributed by atoms with Gasteiger partial charge in [0.15, 0.2) is 0 Å². The lowest BCUT2D eigenvalue weighted by Gasteiger charge is -2.31. The topological polar surface area (TPSA) is 89.5 Å². The fourth-order valence-corrected chi connectivity index (χ4v) is 4.32. The zero-order valence-corrected chi connectivity index (χ0v) is 17.9. The highest BCUT2D eigenvalue weighted by Crippen LogP contribution is 2.31. The maximum Gasteiger partial charge on any atom is 0.270 e. The standard InChI is InChI=1S/C24H27N5O3/c30-23(20-5-1-2-10-25-20)27-17-6-8-18(9-7-17)32-24-19-4-3-11-26-21(19)16-22(28-24)29-12-14-31-15-13-29/h1-5,10-11,16-18H,6-9,12-15H2,(H,27,30). The van der Waals surface area contributed by atoms with Gasteiger partial charge in [-0.1, -0.05) is 6.07 Å².